The van der Waals surface area contributed by atoms with Crippen molar-refractivity contribution in [2.24, 2.45) is 11.7 Å². The van der Waals surface area contributed by atoms with Crippen LogP contribution >= 0.6 is 0 Å². The largest absolute Gasteiger partial charge is 1.00 e. The van der Waals surface area contributed by atoms with E-state index in [1.165, 1.54) is 11.1 Å². The Morgan fingerprint density at radius 3 is 2.16 bits per heavy atom. The molecular weight excluding hydrogens is 725 g/mol. The number of rotatable bonds is 5. The van der Waals surface area contributed by atoms with E-state index in [4.69, 9.17) is 15.3 Å². The first-order valence-corrected chi connectivity index (χ1v) is 12.9. The molecule has 1 fully saturated rings. The van der Waals surface area contributed by atoms with Crippen LogP contribution in [0.25, 0.3) is 0 Å². The molecule has 1 aliphatic carbocycles. The number of aryl methyl sites for hydroxylation is 3. The van der Waals surface area contributed by atoms with Gasteiger partial charge in [0.05, 0.1) is 7.11 Å². The molecule has 1 saturated carbocycles. The molecule has 0 aliphatic heterocycles. The summed E-state index contributed by atoms with van der Waals surface area (Å²) in [6, 6.07) is 13.0. The van der Waals surface area contributed by atoms with Gasteiger partial charge in [-0.15, -0.1) is 6.92 Å². The Labute approximate surface area is 300 Å². The second-order valence-corrected chi connectivity index (χ2v) is 8.13. The van der Waals surface area contributed by atoms with Crippen LogP contribution in [0, 0.1) is 70.3 Å². The van der Waals surface area contributed by atoms with Crippen LogP contribution in [0.5, 0.6) is 5.75 Å². The van der Waals surface area contributed by atoms with Crippen LogP contribution in [-0.2, 0) is 16.0 Å². The molecule has 7 heteroatoms. The SMILES string of the molecule is CC.CCCN.COc1cc(NC(=O)C2CC[CH-]CC2)ccc1C.[CH-]=O.[CH2-]c1[c-]cc(CC)cc1C.[K+].[U]. The summed E-state index contributed by atoms with van der Waals surface area (Å²) in [6.45, 7) is 20.2. The number of hydrogen-bond donors (Lipinski definition) is 2. The Hall–Kier alpha value is -0.102. The molecule has 38 heavy (non-hydrogen) atoms. The van der Waals surface area contributed by atoms with Crippen LogP contribution in [-0.4, -0.2) is 26.4 Å². The summed E-state index contributed by atoms with van der Waals surface area (Å²) in [4.78, 5) is 19.8. The molecule has 208 valence electrons. The molecule has 0 radical (unpaired) electrons. The number of anilines is 1. The fraction of sp³-hybridized carbons (Fsp3) is 0.484. The summed E-state index contributed by atoms with van der Waals surface area (Å²) in [7, 11) is 1.64. The topological polar surface area (TPSA) is 81.4 Å². The van der Waals surface area contributed by atoms with Gasteiger partial charge in [-0.2, -0.15) is 25.0 Å². The summed E-state index contributed by atoms with van der Waals surface area (Å²) in [5, 5.41) is 2.98. The van der Waals surface area contributed by atoms with Gasteiger partial charge >= 0.3 is 51.4 Å². The van der Waals surface area contributed by atoms with Crippen LogP contribution in [0.15, 0.2) is 30.3 Å². The number of carbonyl (C=O) groups is 1. The van der Waals surface area contributed by atoms with E-state index in [1.807, 2.05) is 45.0 Å². The van der Waals surface area contributed by atoms with Gasteiger partial charge in [-0.1, -0.05) is 52.2 Å². The third kappa shape index (κ3) is 19.9. The van der Waals surface area contributed by atoms with Crippen LogP contribution < -0.4 is 67.2 Å². The van der Waals surface area contributed by atoms with E-state index in [0.717, 1.165) is 67.6 Å². The van der Waals surface area contributed by atoms with Gasteiger partial charge in [0, 0.05) is 48.8 Å². The van der Waals surface area contributed by atoms with Gasteiger partial charge in [0.1, 0.15) is 5.75 Å². The maximum atomic E-state index is 12.1. The first-order chi connectivity index (χ1) is 17.4. The van der Waals surface area contributed by atoms with Gasteiger partial charge in [0.2, 0.25) is 5.91 Å². The fourth-order valence-electron chi connectivity index (χ4n) is 3.24. The molecule has 5 nitrogen and oxygen atoms in total. The van der Waals surface area contributed by atoms with Crippen molar-refractivity contribution in [1.82, 2.24) is 0 Å². The molecule has 0 spiro atoms. The molecule has 0 unspecified atom stereocenters. The van der Waals surface area contributed by atoms with Crippen LogP contribution in [0.4, 0.5) is 5.69 Å². The van der Waals surface area contributed by atoms with Gasteiger partial charge in [-0.3, -0.25) is 17.1 Å². The monoisotopic (exact) mass is 773 g/mol. The summed E-state index contributed by atoms with van der Waals surface area (Å²) < 4.78 is 5.26. The van der Waals surface area contributed by atoms with Gasteiger partial charge in [-0.25, -0.2) is 0 Å². The number of hydrogen-bond acceptors (Lipinski definition) is 4. The zero-order valence-corrected chi connectivity index (χ0v) is 32.4. The fourth-order valence-corrected chi connectivity index (χ4v) is 3.24. The number of nitrogens with two attached hydrogens (primary N) is 1. The minimum atomic E-state index is 0. The third-order valence-electron chi connectivity index (χ3n) is 5.49. The molecule has 0 saturated heterocycles. The second kappa shape index (κ2) is 29.9. The Balaban J connectivity index is -0.000000247. The minimum Gasteiger partial charge on any atom is -0.545 e. The second-order valence-electron chi connectivity index (χ2n) is 8.13. The predicted molar refractivity (Wildman–Crippen MR) is 154 cm³/mol. The maximum Gasteiger partial charge on any atom is 1.00 e. The molecule has 3 rings (SSSR count). The first-order valence-electron chi connectivity index (χ1n) is 12.9. The van der Waals surface area contributed by atoms with E-state index in [1.54, 1.807) is 7.11 Å². The maximum absolute atomic E-state index is 12.1. The van der Waals surface area contributed by atoms with E-state index in [-0.39, 0.29) is 94.3 Å². The van der Waals surface area contributed by atoms with Crippen molar-refractivity contribution in [3.8, 4) is 5.75 Å². The molecule has 0 bridgehead atoms. The summed E-state index contributed by atoms with van der Waals surface area (Å²) >= 11 is 0. The molecule has 2 aromatic rings. The van der Waals surface area contributed by atoms with Crippen molar-refractivity contribution in [3.63, 3.8) is 0 Å². The molecule has 3 N–H and O–H groups in total. The van der Waals surface area contributed by atoms with Crippen molar-refractivity contribution >= 4 is 18.4 Å². The molecular formula is C31H48KN2O3U-3. The van der Waals surface area contributed by atoms with Crippen molar-refractivity contribution < 1.29 is 96.8 Å². The number of ether oxygens (including phenoxy) is 1. The smallest absolute Gasteiger partial charge is 0.545 e. The number of nitrogens with one attached hydrogen (secondary N) is 1. The molecule has 0 atom stereocenters. The molecule has 0 aromatic heterocycles. The van der Waals surface area contributed by atoms with Crippen LogP contribution in [0.1, 0.15) is 82.1 Å². The van der Waals surface area contributed by atoms with E-state index in [0.29, 0.717) is 0 Å². The third-order valence-corrected chi connectivity index (χ3v) is 5.49. The molecule has 0 heterocycles. The number of carbonyl (C=O) groups excluding carboxylic acids is 2. The van der Waals surface area contributed by atoms with Gasteiger partial charge in [-0.05, 0) is 37.9 Å². The molecule has 1 amide bonds. The summed E-state index contributed by atoms with van der Waals surface area (Å²) in [5.41, 5.74) is 10.5. The Bertz CT molecular complexity index is 842. The van der Waals surface area contributed by atoms with Crippen molar-refractivity contribution in [2.75, 3.05) is 19.0 Å². The van der Waals surface area contributed by atoms with E-state index in [9.17, 15) is 4.79 Å². The predicted octanol–water partition coefficient (Wildman–Crippen LogP) is 3.99. The average molecular weight is 774 g/mol. The summed E-state index contributed by atoms with van der Waals surface area (Å²) in [6.07, 6.45) is 8.48. The Morgan fingerprint density at radius 2 is 1.71 bits per heavy atom. The number of amides is 1. The zero-order chi connectivity index (χ0) is 27.9. The van der Waals surface area contributed by atoms with Crippen LogP contribution in [0.3, 0.4) is 0 Å². The quantitative estimate of drug-likeness (QED) is 0.274. The Kier molecular flexibility index (Phi) is 35.3. The van der Waals surface area contributed by atoms with Gasteiger partial charge in [0.15, 0.2) is 0 Å². The van der Waals surface area contributed by atoms with Crippen molar-refractivity contribution in [2.45, 2.75) is 80.1 Å². The molecule has 1 aliphatic rings. The average Bonchev–Trinajstić information content (AvgIpc) is 2.94. The van der Waals surface area contributed by atoms with E-state index < -0.39 is 0 Å². The normalized spacial score (nSPS) is 11.4. The van der Waals surface area contributed by atoms with Crippen LogP contribution in [0.2, 0.25) is 0 Å². The van der Waals surface area contributed by atoms with E-state index in [2.05, 4.69) is 58.4 Å². The van der Waals surface area contributed by atoms with Gasteiger partial charge in [0.25, 0.3) is 0 Å². The minimum absolute atomic E-state index is 0. The Morgan fingerprint density at radius 1 is 1.16 bits per heavy atom. The standard InChI is InChI=1S/C15H20NO2.C10H12.C3H9N.C2H6.CHO.K.U/c1-11-8-9-13(10-14(11)18-2)16-15(17)12-6-4-3-5-7-12;1-4-10-6-5-8(2)9(3)7-10;1-2-3-4;2*1-2;;/h3,8-10,12H,4-7H2,1-2H3,(H,16,17);6-7H,2,4H2,1,3H3;2-4H2,1H3;1-2H3;1H;;/q-1;-2;;;-1;+1;. The van der Waals surface area contributed by atoms with Crippen molar-refractivity contribution in [3.05, 3.63) is 72.0 Å². The summed E-state index contributed by atoms with van der Waals surface area (Å²) in [5.74, 6) is 1.10. The van der Waals surface area contributed by atoms with E-state index >= 15 is 0 Å². The van der Waals surface area contributed by atoms with Crippen molar-refractivity contribution in [1.29, 1.82) is 0 Å². The van der Waals surface area contributed by atoms with Gasteiger partial charge < -0.3 is 45.6 Å². The number of benzene rings is 2. The number of methoxy groups -OCH3 is 1. The molecule has 2 aromatic carbocycles. The zero-order valence-electron chi connectivity index (χ0n) is 25.1. The first kappa shape index (κ1) is 44.9.